The number of alkyl halides is 2. The van der Waals surface area contributed by atoms with Crippen LogP contribution in [0.2, 0.25) is 0 Å². The second-order valence-electron chi connectivity index (χ2n) is 2.23. The number of rotatable bonds is 2. The normalized spacial score (nSPS) is 11.5. The molecule has 0 aliphatic rings. The van der Waals surface area contributed by atoms with E-state index in [1.165, 1.54) is 0 Å². The summed E-state index contributed by atoms with van der Waals surface area (Å²) in [5.41, 5.74) is -2.03. The van der Waals surface area contributed by atoms with Crippen molar-refractivity contribution in [1.29, 1.82) is 0 Å². The van der Waals surface area contributed by atoms with Gasteiger partial charge >= 0.3 is 5.97 Å². The molecule has 0 aliphatic carbocycles. The maximum atomic E-state index is 13.1. The van der Waals surface area contributed by atoms with Crippen LogP contribution in [0.4, 0.5) is 13.2 Å². The highest BCUT2D eigenvalue weighted by Crippen LogP contribution is 2.23. The minimum Gasteiger partial charge on any atom is -0.478 e. The molecule has 0 fully saturated rings. The Labute approximate surface area is 73.0 Å². The van der Waals surface area contributed by atoms with Crippen molar-refractivity contribution in [3.8, 4) is 0 Å². The SMILES string of the molecule is [2H]c1ccc(C(F)F)c(F)c1C(=O)O. The summed E-state index contributed by atoms with van der Waals surface area (Å²) in [5.74, 6) is -3.27. The van der Waals surface area contributed by atoms with Gasteiger partial charge in [0.05, 0.1) is 12.5 Å². The standard InChI is InChI=1S/C8H5F3O2/c9-6-4(7(10)11)2-1-3-5(6)8(12)13/h1-3,7H,(H,12,13)/i3D. The summed E-state index contributed by atoms with van der Waals surface area (Å²) in [6, 6.07) is 0.905. The summed E-state index contributed by atoms with van der Waals surface area (Å²) < 4.78 is 44.3. The first-order chi connectivity index (χ1) is 6.45. The lowest BCUT2D eigenvalue weighted by atomic mass is 10.1. The van der Waals surface area contributed by atoms with E-state index >= 15 is 0 Å². The first kappa shape index (κ1) is 8.10. The Balaban J connectivity index is 3.41. The van der Waals surface area contributed by atoms with Crippen molar-refractivity contribution in [2.45, 2.75) is 6.43 Å². The Kier molecular flexibility index (Phi) is 2.16. The Bertz CT molecular complexity index is 379. The maximum absolute atomic E-state index is 13.1. The van der Waals surface area contributed by atoms with Gasteiger partial charge in [-0.15, -0.1) is 0 Å². The molecule has 0 aromatic heterocycles. The highest BCUT2D eigenvalue weighted by molar-refractivity contribution is 5.88. The van der Waals surface area contributed by atoms with Crippen LogP contribution in [0.5, 0.6) is 0 Å². The number of hydrogen-bond donors (Lipinski definition) is 1. The van der Waals surface area contributed by atoms with Gasteiger partial charge in [0.25, 0.3) is 6.43 Å². The molecular weight excluding hydrogens is 185 g/mol. The fourth-order valence-electron chi connectivity index (χ4n) is 0.820. The maximum Gasteiger partial charge on any atom is 0.338 e. The van der Waals surface area contributed by atoms with Gasteiger partial charge in [0, 0.05) is 0 Å². The summed E-state index contributed by atoms with van der Waals surface area (Å²) in [5, 5.41) is 8.45. The van der Waals surface area contributed by atoms with E-state index in [0.717, 1.165) is 6.07 Å². The summed E-state index contributed by atoms with van der Waals surface area (Å²) in [6.07, 6.45) is -3.09. The number of carboxylic acid groups (broad SMARTS) is 1. The van der Waals surface area contributed by atoms with E-state index in [1.807, 2.05) is 0 Å². The van der Waals surface area contributed by atoms with E-state index in [4.69, 9.17) is 6.48 Å². The highest BCUT2D eigenvalue weighted by atomic mass is 19.3. The zero-order chi connectivity index (χ0) is 10.9. The molecule has 0 saturated heterocycles. The minimum atomic E-state index is -3.09. The minimum absolute atomic E-state index is 0.626. The van der Waals surface area contributed by atoms with Crippen molar-refractivity contribution < 1.29 is 24.4 Å². The smallest absolute Gasteiger partial charge is 0.338 e. The van der Waals surface area contributed by atoms with Crippen LogP contribution in [0.15, 0.2) is 18.2 Å². The van der Waals surface area contributed by atoms with Crippen LogP contribution in [0.1, 0.15) is 23.7 Å². The number of hydrogen-bond acceptors (Lipinski definition) is 1. The molecule has 0 bridgehead atoms. The highest BCUT2D eigenvalue weighted by Gasteiger charge is 2.19. The van der Waals surface area contributed by atoms with Crippen molar-refractivity contribution in [2.24, 2.45) is 0 Å². The van der Waals surface area contributed by atoms with Gasteiger partial charge in [0.1, 0.15) is 5.82 Å². The largest absolute Gasteiger partial charge is 0.478 e. The molecular formula is C8H5F3O2. The van der Waals surface area contributed by atoms with Crippen LogP contribution in [-0.2, 0) is 0 Å². The van der Waals surface area contributed by atoms with E-state index in [1.54, 1.807) is 0 Å². The third-order valence-electron chi connectivity index (χ3n) is 1.41. The van der Waals surface area contributed by atoms with Crippen LogP contribution in [0.25, 0.3) is 0 Å². The molecule has 1 aromatic rings. The van der Waals surface area contributed by atoms with Gasteiger partial charge < -0.3 is 5.11 Å². The van der Waals surface area contributed by atoms with E-state index in [2.05, 4.69) is 0 Å². The molecule has 1 aromatic carbocycles. The molecule has 0 atom stereocenters. The topological polar surface area (TPSA) is 37.3 Å². The summed E-state index contributed by atoms with van der Waals surface area (Å²) in [4.78, 5) is 10.4. The summed E-state index contributed by atoms with van der Waals surface area (Å²) in [7, 11) is 0. The lowest BCUT2D eigenvalue weighted by Crippen LogP contribution is -2.03. The molecule has 5 heteroatoms. The predicted molar refractivity (Wildman–Crippen MR) is 38.3 cm³/mol. The molecule has 0 radical (unpaired) electrons. The van der Waals surface area contributed by atoms with Gasteiger partial charge in [0.15, 0.2) is 0 Å². The number of benzene rings is 1. The molecule has 0 spiro atoms. The third kappa shape index (κ3) is 1.80. The Morgan fingerprint density at radius 2 is 2.23 bits per heavy atom. The molecule has 0 aliphatic heterocycles. The lowest BCUT2D eigenvalue weighted by molar-refractivity contribution is 0.0690. The average molecular weight is 191 g/mol. The fraction of sp³-hybridized carbons (Fsp3) is 0.125. The number of carboxylic acids is 1. The van der Waals surface area contributed by atoms with Crippen LogP contribution in [-0.4, -0.2) is 11.1 Å². The van der Waals surface area contributed by atoms with E-state index in [9.17, 15) is 18.0 Å². The first-order valence-corrected chi connectivity index (χ1v) is 3.25. The van der Waals surface area contributed by atoms with Crippen molar-refractivity contribution in [3.63, 3.8) is 0 Å². The first-order valence-electron chi connectivity index (χ1n) is 3.75. The second-order valence-corrected chi connectivity index (χ2v) is 2.23. The van der Waals surface area contributed by atoms with Gasteiger partial charge in [-0.3, -0.25) is 0 Å². The predicted octanol–water partition coefficient (Wildman–Crippen LogP) is 2.46. The van der Waals surface area contributed by atoms with Crippen molar-refractivity contribution in [1.82, 2.24) is 0 Å². The zero-order valence-electron chi connectivity index (χ0n) is 7.22. The molecule has 2 nitrogen and oxygen atoms in total. The quantitative estimate of drug-likeness (QED) is 0.779. The number of halogens is 3. The van der Waals surface area contributed by atoms with Gasteiger partial charge in [-0.1, -0.05) is 12.1 Å². The van der Waals surface area contributed by atoms with Crippen LogP contribution in [0, 0.1) is 5.82 Å². The Hall–Kier alpha value is -1.52. The molecule has 0 unspecified atom stereocenters. The molecule has 0 heterocycles. The van der Waals surface area contributed by atoms with Crippen LogP contribution in [0.3, 0.4) is 0 Å². The van der Waals surface area contributed by atoms with Gasteiger partial charge in [-0.05, 0) is 6.04 Å². The van der Waals surface area contributed by atoms with E-state index < -0.39 is 35.4 Å². The third-order valence-corrected chi connectivity index (χ3v) is 1.41. The zero-order valence-corrected chi connectivity index (χ0v) is 6.22. The lowest BCUT2D eigenvalue weighted by Gasteiger charge is -2.03. The molecule has 0 amide bonds. The average Bonchev–Trinajstić information content (AvgIpc) is 2.02. The summed E-state index contributed by atoms with van der Waals surface area (Å²) >= 11 is 0. The Morgan fingerprint density at radius 1 is 1.62 bits per heavy atom. The molecule has 0 saturated carbocycles. The fourth-order valence-corrected chi connectivity index (χ4v) is 0.820. The van der Waals surface area contributed by atoms with Crippen LogP contribution < -0.4 is 0 Å². The number of carbonyl (C=O) groups is 1. The van der Waals surface area contributed by atoms with Gasteiger partial charge in [-0.2, -0.15) is 0 Å². The van der Waals surface area contributed by atoms with Crippen molar-refractivity contribution >= 4 is 5.97 Å². The van der Waals surface area contributed by atoms with E-state index in [-0.39, 0.29) is 0 Å². The van der Waals surface area contributed by atoms with Gasteiger partial charge in [0.2, 0.25) is 0 Å². The number of aromatic carboxylic acids is 1. The second kappa shape index (κ2) is 3.47. The molecule has 1 N–H and O–H groups in total. The molecule has 70 valence electrons. The van der Waals surface area contributed by atoms with Crippen LogP contribution >= 0.6 is 0 Å². The molecule has 13 heavy (non-hydrogen) atoms. The molecule has 1 rings (SSSR count). The Morgan fingerprint density at radius 3 is 2.69 bits per heavy atom. The van der Waals surface area contributed by atoms with Crippen molar-refractivity contribution in [2.75, 3.05) is 0 Å². The van der Waals surface area contributed by atoms with Gasteiger partial charge in [-0.25, -0.2) is 18.0 Å². The summed E-state index contributed by atoms with van der Waals surface area (Å²) in [6.45, 7) is 0. The monoisotopic (exact) mass is 191 g/mol. The van der Waals surface area contributed by atoms with Crippen molar-refractivity contribution in [3.05, 3.63) is 35.1 Å². The van der Waals surface area contributed by atoms with E-state index in [0.29, 0.717) is 6.07 Å².